The van der Waals surface area contributed by atoms with Crippen molar-refractivity contribution in [3.63, 3.8) is 0 Å². The average molecular weight is 252 g/mol. The first kappa shape index (κ1) is 13.8. The summed E-state index contributed by atoms with van der Waals surface area (Å²) >= 11 is 0. The molecule has 0 aromatic heterocycles. The van der Waals surface area contributed by atoms with Gasteiger partial charge in [-0.15, -0.1) is 0 Å². The smallest absolute Gasteiger partial charge is 0.224 e. The SMILES string of the molecule is C[C@H](CC(N)=O)CC(=O)Nc1ccc(O)cc1O. The fourth-order valence-corrected chi connectivity index (χ4v) is 1.56. The van der Waals surface area contributed by atoms with Gasteiger partial charge in [0.15, 0.2) is 0 Å². The molecule has 0 aliphatic heterocycles. The van der Waals surface area contributed by atoms with Gasteiger partial charge in [-0.2, -0.15) is 0 Å². The van der Waals surface area contributed by atoms with Crippen molar-refractivity contribution in [2.45, 2.75) is 19.8 Å². The quantitative estimate of drug-likeness (QED) is 0.461. The molecule has 0 heterocycles. The molecule has 98 valence electrons. The third-order valence-electron chi connectivity index (χ3n) is 2.34. The summed E-state index contributed by atoms with van der Waals surface area (Å²) in [7, 11) is 0. The minimum absolute atomic E-state index is 0.0902. The number of hydrogen-bond acceptors (Lipinski definition) is 4. The Bertz CT molecular complexity index is 459. The van der Waals surface area contributed by atoms with Crippen LogP contribution < -0.4 is 11.1 Å². The largest absolute Gasteiger partial charge is 0.508 e. The van der Waals surface area contributed by atoms with Gasteiger partial charge >= 0.3 is 0 Å². The summed E-state index contributed by atoms with van der Waals surface area (Å²) in [5.74, 6) is -1.26. The van der Waals surface area contributed by atoms with E-state index < -0.39 is 5.91 Å². The van der Waals surface area contributed by atoms with E-state index in [9.17, 15) is 14.7 Å². The zero-order valence-electron chi connectivity index (χ0n) is 10.0. The van der Waals surface area contributed by atoms with E-state index in [-0.39, 0.29) is 41.9 Å². The number of aromatic hydroxyl groups is 2. The zero-order chi connectivity index (χ0) is 13.7. The van der Waals surface area contributed by atoms with Crippen molar-refractivity contribution in [1.29, 1.82) is 0 Å². The Balaban J connectivity index is 2.56. The van der Waals surface area contributed by atoms with Crippen LogP contribution in [-0.2, 0) is 9.59 Å². The van der Waals surface area contributed by atoms with Gasteiger partial charge in [0.1, 0.15) is 11.5 Å². The Hall–Kier alpha value is -2.24. The maximum absolute atomic E-state index is 11.6. The number of benzene rings is 1. The lowest BCUT2D eigenvalue weighted by atomic mass is 10.0. The molecular weight excluding hydrogens is 236 g/mol. The first-order valence-electron chi connectivity index (χ1n) is 5.48. The topological polar surface area (TPSA) is 113 Å². The molecule has 5 N–H and O–H groups in total. The van der Waals surface area contributed by atoms with Gasteiger partial charge in [0.25, 0.3) is 0 Å². The van der Waals surface area contributed by atoms with Crippen molar-refractivity contribution in [2.75, 3.05) is 5.32 Å². The van der Waals surface area contributed by atoms with E-state index >= 15 is 0 Å². The number of rotatable bonds is 5. The van der Waals surface area contributed by atoms with Crippen molar-refractivity contribution >= 4 is 17.5 Å². The van der Waals surface area contributed by atoms with Gasteiger partial charge in [-0.05, 0) is 18.1 Å². The third-order valence-corrected chi connectivity index (χ3v) is 2.34. The molecule has 1 rings (SSSR count). The number of nitrogens with two attached hydrogens (primary N) is 1. The van der Waals surface area contributed by atoms with Crippen LogP contribution in [0.5, 0.6) is 11.5 Å². The Morgan fingerprint density at radius 1 is 1.33 bits per heavy atom. The lowest BCUT2D eigenvalue weighted by molar-refractivity contribution is -0.119. The second-order valence-electron chi connectivity index (χ2n) is 4.23. The van der Waals surface area contributed by atoms with Crippen LogP contribution in [0.25, 0.3) is 0 Å². The number of anilines is 1. The van der Waals surface area contributed by atoms with Crippen molar-refractivity contribution in [3.05, 3.63) is 18.2 Å². The van der Waals surface area contributed by atoms with Crippen LogP contribution in [0.4, 0.5) is 5.69 Å². The van der Waals surface area contributed by atoms with Crippen LogP contribution in [0.1, 0.15) is 19.8 Å². The molecule has 0 bridgehead atoms. The highest BCUT2D eigenvalue weighted by Crippen LogP contribution is 2.27. The second-order valence-corrected chi connectivity index (χ2v) is 4.23. The van der Waals surface area contributed by atoms with Crippen molar-refractivity contribution in [3.8, 4) is 11.5 Å². The monoisotopic (exact) mass is 252 g/mol. The summed E-state index contributed by atoms with van der Waals surface area (Å²) < 4.78 is 0. The lowest BCUT2D eigenvalue weighted by Crippen LogP contribution is -2.20. The molecule has 1 aromatic carbocycles. The predicted molar refractivity (Wildman–Crippen MR) is 66.0 cm³/mol. The molecule has 0 aliphatic carbocycles. The van der Waals surface area contributed by atoms with Crippen LogP contribution in [0.15, 0.2) is 18.2 Å². The highest BCUT2D eigenvalue weighted by molar-refractivity contribution is 5.92. The number of amides is 2. The minimum Gasteiger partial charge on any atom is -0.508 e. The molecule has 6 heteroatoms. The molecular formula is C12H16N2O4. The fourth-order valence-electron chi connectivity index (χ4n) is 1.56. The normalized spacial score (nSPS) is 11.8. The standard InChI is InChI=1S/C12H16N2O4/c1-7(4-11(13)17)5-12(18)14-9-3-2-8(15)6-10(9)16/h2-3,6-7,15-16H,4-5H2,1H3,(H2,13,17)(H,14,18)/t7-/m1/s1. The van der Waals surface area contributed by atoms with Gasteiger partial charge < -0.3 is 21.3 Å². The van der Waals surface area contributed by atoms with Gasteiger partial charge in [0, 0.05) is 18.9 Å². The summed E-state index contributed by atoms with van der Waals surface area (Å²) in [4.78, 5) is 22.3. The van der Waals surface area contributed by atoms with Crippen molar-refractivity contribution < 1.29 is 19.8 Å². The molecule has 0 spiro atoms. The first-order chi connectivity index (χ1) is 8.38. The number of primary amides is 1. The van der Waals surface area contributed by atoms with E-state index in [4.69, 9.17) is 10.8 Å². The Labute approximate surface area is 104 Å². The van der Waals surface area contributed by atoms with Gasteiger partial charge in [-0.3, -0.25) is 9.59 Å². The van der Waals surface area contributed by atoms with Gasteiger partial charge in [-0.25, -0.2) is 0 Å². The molecule has 0 unspecified atom stereocenters. The molecule has 0 saturated heterocycles. The van der Waals surface area contributed by atoms with Crippen molar-refractivity contribution in [1.82, 2.24) is 0 Å². The maximum Gasteiger partial charge on any atom is 0.224 e. The van der Waals surface area contributed by atoms with Gasteiger partial charge in [-0.1, -0.05) is 6.92 Å². The Morgan fingerprint density at radius 2 is 2.00 bits per heavy atom. The van der Waals surface area contributed by atoms with Crippen LogP contribution >= 0.6 is 0 Å². The number of nitrogens with one attached hydrogen (secondary N) is 1. The van der Waals surface area contributed by atoms with E-state index in [1.165, 1.54) is 12.1 Å². The lowest BCUT2D eigenvalue weighted by Gasteiger charge is -2.10. The van der Waals surface area contributed by atoms with Crippen LogP contribution in [-0.4, -0.2) is 22.0 Å². The van der Waals surface area contributed by atoms with E-state index in [0.29, 0.717) is 0 Å². The average Bonchev–Trinajstić information content (AvgIpc) is 2.20. The van der Waals surface area contributed by atoms with Gasteiger partial charge in [0.2, 0.25) is 11.8 Å². The van der Waals surface area contributed by atoms with E-state index in [0.717, 1.165) is 6.07 Å². The third kappa shape index (κ3) is 4.32. The van der Waals surface area contributed by atoms with Crippen molar-refractivity contribution in [2.24, 2.45) is 11.7 Å². The van der Waals surface area contributed by atoms with E-state index in [1.54, 1.807) is 6.92 Å². The Kier molecular flexibility index (Phi) is 4.53. The number of carbonyl (C=O) groups excluding carboxylic acids is 2. The molecule has 18 heavy (non-hydrogen) atoms. The highest BCUT2D eigenvalue weighted by Gasteiger charge is 2.13. The molecule has 1 atom stereocenters. The second kappa shape index (κ2) is 5.90. The summed E-state index contributed by atoms with van der Waals surface area (Å²) in [5, 5.41) is 21.1. The number of carbonyl (C=O) groups is 2. The minimum atomic E-state index is -0.456. The number of phenols is 2. The molecule has 0 fully saturated rings. The molecule has 2 amide bonds. The van der Waals surface area contributed by atoms with Crippen LogP contribution in [0.3, 0.4) is 0 Å². The molecule has 6 nitrogen and oxygen atoms in total. The maximum atomic E-state index is 11.6. The molecule has 1 aromatic rings. The first-order valence-corrected chi connectivity index (χ1v) is 5.48. The summed E-state index contributed by atoms with van der Waals surface area (Å²) in [6, 6.07) is 3.87. The van der Waals surface area contributed by atoms with Crippen LogP contribution in [0.2, 0.25) is 0 Å². The molecule has 0 saturated carbocycles. The summed E-state index contributed by atoms with van der Waals surface area (Å²) in [6.45, 7) is 1.74. The number of hydrogen-bond donors (Lipinski definition) is 4. The predicted octanol–water partition coefficient (Wildman–Crippen LogP) is 0.938. The van der Waals surface area contributed by atoms with E-state index in [2.05, 4.69) is 5.32 Å². The van der Waals surface area contributed by atoms with Crippen LogP contribution in [0, 0.1) is 5.92 Å². The molecule has 0 radical (unpaired) electrons. The van der Waals surface area contributed by atoms with E-state index in [1.807, 2.05) is 0 Å². The summed E-state index contributed by atoms with van der Waals surface area (Å²) in [5.41, 5.74) is 5.24. The fraction of sp³-hybridized carbons (Fsp3) is 0.333. The highest BCUT2D eigenvalue weighted by atomic mass is 16.3. The zero-order valence-corrected chi connectivity index (χ0v) is 10.0. The van der Waals surface area contributed by atoms with Gasteiger partial charge in [0.05, 0.1) is 5.69 Å². The Morgan fingerprint density at radius 3 is 2.56 bits per heavy atom. The summed E-state index contributed by atoms with van der Waals surface area (Å²) in [6.07, 6.45) is 0.262. The number of phenolic OH excluding ortho intramolecular Hbond substituents is 2. The molecule has 0 aliphatic rings.